The van der Waals surface area contributed by atoms with E-state index in [-0.39, 0.29) is 24.0 Å². The molecule has 6 nitrogen and oxygen atoms in total. The highest BCUT2D eigenvalue weighted by atomic mass is 19.1. The monoisotopic (exact) mass is 422 g/mol. The lowest BCUT2D eigenvalue weighted by molar-refractivity contribution is -0.0465. The summed E-state index contributed by atoms with van der Waals surface area (Å²) in [6, 6.07) is 9.05. The van der Waals surface area contributed by atoms with Gasteiger partial charge in [0.25, 0.3) is 0 Å². The smallest absolute Gasteiger partial charge is 0.160 e. The Morgan fingerprint density at radius 3 is 2.97 bits per heavy atom. The lowest BCUT2D eigenvalue weighted by Gasteiger charge is -2.43. The molecule has 1 aliphatic carbocycles. The summed E-state index contributed by atoms with van der Waals surface area (Å²) >= 11 is 0. The fourth-order valence-corrected chi connectivity index (χ4v) is 4.89. The average molecular weight is 423 g/mol. The van der Waals surface area contributed by atoms with Gasteiger partial charge in [0.1, 0.15) is 18.2 Å². The van der Waals surface area contributed by atoms with Crippen molar-refractivity contribution in [3.05, 3.63) is 59.8 Å². The molecule has 1 N–H and O–H groups in total. The summed E-state index contributed by atoms with van der Waals surface area (Å²) in [6.07, 6.45) is 6.83. The maximum atomic E-state index is 13.9. The number of nitrogens with one attached hydrogen (secondary N) is 1. The predicted octanol–water partition coefficient (Wildman–Crippen LogP) is 3.99. The second-order valence-electron chi connectivity index (χ2n) is 8.95. The summed E-state index contributed by atoms with van der Waals surface area (Å²) in [6.45, 7) is 5.02. The molecule has 1 saturated heterocycles. The molecule has 0 radical (unpaired) electrons. The first kappa shape index (κ1) is 19.1. The molecule has 6 rings (SSSR count). The van der Waals surface area contributed by atoms with Gasteiger partial charge in [-0.15, -0.1) is 0 Å². The summed E-state index contributed by atoms with van der Waals surface area (Å²) in [4.78, 5) is 7.37. The van der Waals surface area contributed by atoms with Crippen LogP contribution in [0.1, 0.15) is 43.0 Å². The summed E-state index contributed by atoms with van der Waals surface area (Å²) in [5.74, 6) is 0.937. The molecular formula is C24H27FN4O2. The highest BCUT2D eigenvalue weighted by Gasteiger charge is 2.37. The second-order valence-corrected chi connectivity index (χ2v) is 8.95. The number of hydrogen-bond acceptors (Lipinski definition) is 5. The molecule has 1 saturated carbocycles. The highest BCUT2D eigenvalue weighted by Crippen LogP contribution is 2.41. The second kappa shape index (κ2) is 7.50. The van der Waals surface area contributed by atoms with E-state index in [0.29, 0.717) is 24.9 Å². The fourth-order valence-electron chi connectivity index (χ4n) is 4.89. The molecule has 7 heteroatoms. The van der Waals surface area contributed by atoms with Gasteiger partial charge in [0, 0.05) is 43.0 Å². The van der Waals surface area contributed by atoms with Crippen molar-refractivity contribution in [3.8, 4) is 5.75 Å². The van der Waals surface area contributed by atoms with Gasteiger partial charge in [-0.2, -0.15) is 0 Å². The lowest BCUT2D eigenvalue weighted by Crippen LogP contribution is -2.54. The molecule has 31 heavy (non-hydrogen) atoms. The Morgan fingerprint density at radius 1 is 1.23 bits per heavy atom. The molecule has 2 aromatic heterocycles. The average Bonchev–Trinajstić information content (AvgIpc) is 3.52. The van der Waals surface area contributed by atoms with Crippen LogP contribution in [0.5, 0.6) is 5.75 Å². The number of nitrogens with zero attached hydrogens (tertiary/aromatic N) is 3. The van der Waals surface area contributed by atoms with Gasteiger partial charge >= 0.3 is 0 Å². The standard InChI is InChI=1S/C24H27FN4O2/c1-15-12-28(9-10-30-15)21-14-31-22-11-17(25)6-7-18(22)23(21)26-19-3-2-8-29-13-20(16-4-5-16)27-24(19)29/h2-3,6-8,11,13,15-16,21,23,26H,4-5,9-10,12,14H2,1H3/t15-,21+,23+/m1/s1. The van der Waals surface area contributed by atoms with Crippen LogP contribution in [0.4, 0.5) is 10.1 Å². The van der Waals surface area contributed by atoms with E-state index in [9.17, 15) is 4.39 Å². The molecule has 2 fully saturated rings. The van der Waals surface area contributed by atoms with E-state index in [1.807, 2.05) is 18.3 Å². The van der Waals surface area contributed by atoms with E-state index in [4.69, 9.17) is 14.5 Å². The van der Waals surface area contributed by atoms with E-state index >= 15 is 0 Å². The molecular weight excluding hydrogens is 395 g/mol. The summed E-state index contributed by atoms with van der Waals surface area (Å²) in [7, 11) is 0. The number of anilines is 1. The Balaban J connectivity index is 1.39. The van der Waals surface area contributed by atoms with E-state index in [0.717, 1.165) is 30.0 Å². The zero-order chi connectivity index (χ0) is 20.9. The van der Waals surface area contributed by atoms with Gasteiger partial charge in [-0.1, -0.05) is 6.07 Å². The number of fused-ring (bicyclic) bond motifs is 2. The SMILES string of the molecule is C[C@@H]1CN([C@H]2COc3cc(F)ccc3[C@@H]2Nc2cccn3cc(C4CC4)nc23)CCO1. The Morgan fingerprint density at radius 2 is 2.13 bits per heavy atom. The number of pyridine rings is 1. The number of halogens is 1. The molecule has 0 amide bonds. The number of hydrogen-bond donors (Lipinski definition) is 1. The third kappa shape index (κ3) is 3.55. The van der Waals surface area contributed by atoms with Crippen molar-refractivity contribution >= 4 is 11.3 Å². The minimum Gasteiger partial charge on any atom is -0.491 e. The quantitative estimate of drug-likeness (QED) is 0.689. The normalized spacial score (nSPS) is 26.5. The largest absolute Gasteiger partial charge is 0.491 e. The minimum atomic E-state index is -0.277. The Labute approximate surface area is 181 Å². The van der Waals surface area contributed by atoms with Crippen LogP contribution in [0.25, 0.3) is 5.65 Å². The molecule has 0 spiro atoms. The Bertz CT molecular complexity index is 1110. The van der Waals surface area contributed by atoms with Crippen LogP contribution in [0, 0.1) is 5.82 Å². The first-order valence-electron chi connectivity index (χ1n) is 11.2. The zero-order valence-electron chi connectivity index (χ0n) is 17.6. The number of morpholine rings is 1. The molecule has 3 aliphatic rings. The van der Waals surface area contributed by atoms with Gasteiger partial charge in [0.05, 0.1) is 36.2 Å². The fraction of sp³-hybridized carbons (Fsp3) is 0.458. The number of aromatic nitrogens is 2. The number of benzene rings is 1. The van der Waals surface area contributed by atoms with E-state index in [2.05, 4.69) is 33.8 Å². The Kier molecular flexibility index (Phi) is 4.61. The van der Waals surface area contributed by atoms with E-state index in [1.54, 1.807) is 0 Å². The van der Waals surface area contributed by atoms with Crippen molar-refractivity contribution in [1.82, 2.24) is 14.3 Å². The minimum absolute atomic E-state index is 0.0399. The molecule has 3 atom stereocenters. The predicted molar refractivity (Wildman–Crippen MR) is 116 cm³/mol. The van der Waals surface area contributed by atoms with Gasteiger partial charge in [-0.3, -0.25) is 4.90 Å². The molecule has 3 aromatic rings. The van der Waals surface area contributed by atoms with E-state index in [1.165, 1.54) is 30.7 Å². The van der Waals surface area contributed by atoms with Crippen molar-refractivity contribution in [3.63, 3.8) is 0 Å². The number of ether oxygens (including phenoxy) is 2. The van der Waals surface area contributed by atoms with Gasteiger partial charge in [-0.25, -0.2) is 9.37 Å². The van der Waals surface area contributed by atoms with Gasteiger partial charge in [0.2, 0.25) is 0 Å². The van der Waals surface area contributed by atoms with E-state index < -0.39 is 0 Å². The molecule has 162 valence electrons. The van der Waals surface area contributed by atoms with Gasteiger partial charge in [-0.05, 0) is 38.0 Å². The Hall–Kier alpha value is -2.64. The van der Waals surface area contributed by atoms with Crippen LogP contribution in [0.15, 0.2) is 42.7 Å². The maximum Gasteiger partial charge on any atom is 0.160 e. The third-order valence-corrected chi connectivity index (χ3v) is 6.65. The van der Waals surface area contributed by atoms with Gasteiger partial charge < -0.3 is 19.2 Å². The summed E-state index contributed by atoms with van der Waals surface area (Å²) in [5.41, 5.74) is 4.08. The van der Waals surface area contributed by atoms with Crippen molar-refractivity contribution in [1.29, 1.82) is 0 Å². The molecule has 1 aromatic carbocycles. The first-order chi connectivity index (χ1) is 15.2. The van der Waals surface area contributed by atoms with Crippen molar-refractivity contribution in [2.75, 3.05) is 31.6 Å². The summed E-state index contributed by atoms with van der Waals surface area (Å²) < 4.78 is 27.8. The third-order valence-electron chi connectivity index (χ3n) is 6.65. The molecule has 2 aliphatic heterocycles. The number of imidazole rings is 1. The van der Waals surface area contributed by atoms with Crippen molar-refractivity contribution in [2.24, 2.45) is 0 Å². The van der Waals surface area contributed by atoms with Crippen LogP contribution < -0.4 is 10.1 Å². The maximum absolute atomic E-state index is 13.9. The zero-order valence-corrected chi connectivity index (χ0v) is 17.6. The first-order valence-corrected chi connectivity index (χ1v) is 11.2. The molecule has 0 unspecified atom stereocenters. The van der Waals surface area contributed by atoms with Crippen LogP contribution in [0.3, 0.4) is 0 Å². The summed E-state index contributed by atoms with van der Waals surface area (Å²) in [5, 5.41) is 3.77. The van der Waals surface area contributed by atoms with Crippen molar-refractivity contribution < 1.29 is 13.9 Å². The molecule has 4 heterocycles. The topological polar surface area (TPSA) is 51.0 Å². The number of rotatable bonds is 4. The highest BCUT2D eigenvalue weighted by molar-refractivity contribution is 5.69. The van der Waals surface area contributed by atoms with Crippen LogP contribution in [-0.4, -0.2) is 52.7 Å². The van der Waals surface area contributed by atoms with Crippen LogP contribution in [-0.2, 0) is 4.74 Å². The van der Waals surface area contributed by atoms with Crippen LogP contribution in [0.2, 0.25) is 0 Å². The lowest BCUT2D eigenvalue weighted by atomic mass is 9.94. The van der Waals surface area contributed by atoms with Gasteiger partial charge in [0.15, 0.2) is 5.65 Å². The van der Waals surface area contributed by atoms with Crippen LogP contribution >= 0.6 is 0 Å². The van der Waals surface area contributed by atoms with Crippen molar-refractivity contribution in [2.45, 2.75) is 43.9 Å². The molecule has 0 bridgehead atoms.